The van der Waals surface area contributed by atoms with Gasteiger partial charge >= 0.3 is 0 Å². The maximum atomic E-state index is 12.4. The molecule has 1 aliphatic rings. The molecule has 1 aromatic rings. The van der Waals surface area contributed by atoms with Crippen molar-refractivity contribution in [2.75, 3.05) is 37.7 Å². The van der Waals surface area contributed by atoms with Crippen LogP contribution in [-0.2, 0) is 15.5 Å². The highest BCUT2D eigenvalue weighted by Gasteiger charge is 2.22. The van der Waals surface area contributed by atoms with Crippen molar-refractivity contribution >= 4 is 16.5 Å². The van der Waals surface area contributed by atoms with E-state index in [1.165, 1.54) is 0 Å². The second-order valence-corrected chi connectivity index (χ2v) is 6.33. The van der Waals surface area contributed by atoms with E-state index < -0.39 is 10.8 Å². The number of nitrogens with two attached hydrogens (primary N) is 1. The SMILES string of the molecule is CCN1CCOC(CS(=O)c2cccc(N)c2C)C1. The monoisotopic (exact) mass is 282 g/mol. The summed E-state index contributed by atoms with van der Waals surface area (Å²) in [5.41, 5.74) is 7.48. The number of morpholine rings is 1. The van der Waals surface area contributed by atoms with E-state index in [0.29, 0.717) is 11.4 Å². The van der Waals surface area contributed by atoms with E-state index in [-0.39, 0.29) is 6.10 Å². The predicted molar refractivity (Wildman–Crippen MR) is 78.7 cm³/mol. The molecule has 2 rings (SSSR count). The number of nitrogens with zero attached hydrogens (tertiary/aromatic N) is 1. The fraction of sp³-hybridized carbons (Fsp3) is 0.571. The van der Waals surface area contributed by atoms with Crippen molar-refractivity contribution in [1.29, 1.82) is 0 Å². The summed E-state index contributed by atoms with van der Waals surface area (Å²) in [4.78, 5) is 3.16. The summed E-state index contributed by atoms with van der Waals surface area (Å²) >= 11 is 0. The molecule has 0 spiro atoms. The number of likely N-dealkylation sites (N-methyl/N-ethyl adjacent to an activating group) is 1. The summed E-state index contributed by atoms with van der Waals surface area (Å²) in [6, 6.07) is 5.59. The van der Waals surface area contributed by atoms with Crippen LogP contribution in [0, 0.1) is 6.92 Å². The lowest BCUT2D eigenvalue weighted by atomic mass is 10.2. The van der Waals surface area contributed by atoms with E-state index in [0.717, 1.165) is 36.7 Å². The van der Waals surface area contributed by atoms with E-state index in [4.69, 9.17) is 10.5 Å². The highest BCUT2D eigenvalue weighted by Crippen LogP contribution is 2.20. The first-order valence-corrected chi connectivity index (χ1v) is 8.01. The van der Waals surface area contributed by atoms with Crippen LogP contribution in [0.5, 0.6) is 0 Å². The molecule has 2 unspecified atom stereocenters. The molecular weight excluding hydrogens is 260 g/mol. The van der Waals surface area contributed by atoms with Crippen molar-refractivity contribution < 1.29 is 8.95 Å². The highest BCUT2D eigenvalue weighted by atomic mass is 32.2. The van der Waals surface area contributed by atoms with Crippen LogP contribution in [-0.4, -0.2) is 47.2 Å². The molecule has 1 saturated heterocycles. The van der Waals surface area contributed by atoms with Crippen LogP contribution < -0.4 is 5.73 Å². The standard InChI is InChI=1S/C14H22N2O2S/c1-3-16-7-8-18-12(9-16)10-19(17)14-6-4-5-13(15)11(14)2/h4-6,12H,3,7-10,15H2,1-2H3. The molecule has 0 aromatic heterocycles. The molecule has 0 bridgehead atoms. The third-order valence-corrected chi connectivity index (χ3v) is 5.19. The summed E-state index contributed by atoms with van der Waals surface area (Å²) < 4.78 is 18.1. The summed E-state index contributed by atoms with van der Waals surface area (Å²) in [6.45, 7) is 7.64. The quantitative estimate of drug-likeness (QED) is 0.848. The van der Waals surface area contributed by atoms with Gasteiger partial charge in [-0.15, -0.1) is 0 Å². The number of benzene rings is 1. The van der Waals surface area contributed by atoms with Crippen LogP contribution in [0.2, 0.25) is 0 Å². The summed E-state index contributed by atoms with van der Waals surface area (Å²) in [5.74, 6) is 0.542. The Hall–Kier alpha value is -0.910. The minimum Gasteiger partial charge on any atom is -0.398 e. The number of rotatable bonds is 4. The Morgan fingerprint density at radius 1 is 1.53 bits per heavy atom. The smallest absolute Gasteiger partial charge is 0.0821 e. The zero-order valence-corrected chi connectivity index (χ0v) is 12.4. The normalized spacial score (nSPS) is 22.3. The van der Waals surface area contributed by atoms with Gasteiger partial charge in [-0.1, -0.05) is 13.0 Å². The van der Waals surface area contributed by atoms with E-state index in [2.05, 4.69) is 11.8 Å². The minimum absolute atomic E-state index is 0.0513. The van der Waals surface area contributed by atoms with E-state index >= 15 is 0 Å². The largest absolute Gasteiger partial charge is 0.398 e. The lowest BCUT2D eigenvalue weighted by Crippen LogP contribution is -2.44. The maximum absolute atomic E-state index is 12.4. The van der Waals surface area contributed by atoms with Gasteiger partial charge in [0, 0.05) is 23.7 Å². The van der Waals surface area contributed by atoms with Gasteiger partial charge in [0.1, 0.15) is 0 Å². The third-order valence-electron chi connectivity index (χ3n) is 3.58. The number of anilines is 1. The first-order chi connectivity index (χ1) is 9.11. The average molecular weight is 282 g/mol. The van der Waals surface area contributed by atoms with Crippen molar-refractivity contribution in [3.63, 3.8) is 0 Å². The Morgan fingerprint density at radius 2 is 2.32 bits per heavy atom. The van der Waals surface area contributed by atoms with Crippen molar-refractivity contribution in [2.45, 2.75) is 24.8 Å². The second kappa shape index (κ2) is 6.50. The molecule has 4 nitrogen and oxygen atoms in total. The van der Waals surface area contributed by atoms with Crippen LogP contribution in [0.1, 0.15) is 12.5 Å². The fourth-order valence-electron chi connectivity index (χ4n) is 2.31. The average Bonchev–Trinajstić information content (AvgIpc) is 2.42. The van der Waals surface area contributed by atoms with Gasteiger partial charge in [0.2, 0.25) is 0 Å². The molecule has 2 atom stereocenters. The van der Waals surface area contributed by atoms with Gasteiger partial charge in [-0.2, -0.15) is 0 Å². The second-order valence-electron chi connectivity index (χ2n) is 4.87. The molecule has 106 valence electrons. The van der Waals surface area contributed by atoms with Gasteiger partial charge in [-0.3, -0.25) is 9.11 Å². The molecule has 5 heteroatoms. The van der Waals surface area contributed by atoms with E-state index in [1.54, 1.807) is 0 Å². The molecular formula is C14H22N2O2S. The first-order valence-electron chi connectivity index (χ1n) is 6.69. The summed E-state index contributed by atoms with van der Waals surface area (Å²) in [6.07, 6.45) is 0.0513. The van der Waals surface area contributed by atoms with Gasteiger partial charge in [-0.05, 0) is 31.2 Å². The van der Waals surface area contributed by atoms with Crippen molar-refractivity contribution in [3.05, 3.63) is 23.8 Å². The van der Waals surface area contributed by atoms with Crippen LogP contribution in [0.4, 0.5) is 5.69 Å². The number of hydrogen-bond acceptors (Lipinski definition) is 4. The summed E-state index contributed by atoms with van der Waals surface area (Å²) in [7, 11) is -1.05. The highest BCUT2D eigenvalue weighted by molar-refractivity contribution is 7.85. The van der Waals surface area contributed by atoms with E-state index in [9.17, 15) is 4.21 Å². The van der Waals surface area contributed by atoms with Crippen LogP contribution in [0.3, 0.4) is 0 Å². The number of nitrogen functional groups attached to an aromatic ring is 1. The van der Waals surface area contributed by atoms with Crippen molar-refractivity contribution in [1.82, 2.24) is 4.90 Å². The van der Waals surface area contributed by atoms with E-state index in [1.807, 2.05) is 25.1 Å². The minimum atomic E-state index is -1.05. The fourth-order valence-corrected chi connectivity index (χ4v) is 3.71. The number of hydrogen-bond donors (Lipinski definition) is 1. The molecule has 0 saturated carbocycles. The van der Waals surface area contributed by atoms with Crippen LogP contribution >= 0.6 is 0 Å². The van der Waals surface area contributed by atoms with Crippen LogP contribution in [0.25, 0.3) is 0 Å². The van der Waals surface area contributed by atoms with Gasteiger partial charge in [-0.25, -0.2) is 0 Å². The van der Waals surface area contributed by atoms with Crippen molar-refractivity contribution in [2.24, 2.45) is 0 Å². The van der Waals surface area contributed by atoms with Gasteiger partial charge in [0.15, 0.2) is 0 Å². The Morgan fingerprint density at radius 3 is 3.05 bits per heavy atom. The Labute approximate surface area is 117 Å². The number of ether oxygens (including phenoxy) is 1. The Kier molecular flexibility index (Phi) is 4.96. The Bertz CT molecular complexity index is 465. The topological polar surface area (TPSA) is 55.6 Å². The molecule has 0 radical (unpaired) electrons. The molecule has 1 heterocycles. The molecule has 1 aromatic carbocycles. The van der Waals surface area contributed by atoms with Gasteiger partial charge in [0.25, 0.3) is 0 Å². The first kappa shape index (κ1) is 14.5. The molecule has 2 N–H and O–H groups in total. The summed E-state index contributed by atoms with van der Waals surface area (Å²) in [5, 5.41) is 0. The van der Waals surface area contributed by atoms with Gasteiger partial charge in [0.05, 0.1) is 29.3 Å². The predicted octanol–water partition coefficient (Wildman–Crippen LogP) is 1.41. The maximum Gasteiger partial charge on any atom is 0.0821 e. The molecule has 1 aliphatic heterocycles. The zero-order valence-electron chi connectivity index (χ0n) is 11.6. The zero-order chi connectivity index (χ0) is 13.8. The van der Waals surface area contributed by atoms with Crippen molar-refractivity contribution in [3.8, 4) is 0 Å². The van der Waals surface area contributed by atoms with Gasteiger partial charge < -0.3 is 10.5 Å². The molecule has 0 amide bonds. The lowest BCUT2D eigenvalue weighted by Gasteiger charge is -2.31. The lowest BCUT2D eigenvalue weighted by molar-refractivity contribution is -0.0141. The molecule has 19 heavy (non-hydrogen) atoms. The molecule has 0 aliphatic carbocycles. The Balaban J connectivity index is 2.02. The third kappa shape index (κ3) is 3.55. The molecule has 1 fully saturated rings. The van der Waals surface area contributed by atoms with Crippen LogP contribution in [0.15, 0.2) is 23.1 Å².